The number of carbonyl (C=O) groups excluding carboxylic acids is 2. The average molecular weight is 407 g/mol. The number of aryl methyl sites for hydroxylation is 1. The highest BCUT2D eigenvalue weighted by atomic mass is 35.5. The number of amides is 2. The van der Waals surface area contributed by atoms with Gasteiger partial charge in [0.2, 0.25) is 11.8 Å². The van der Waals surface area contributed by atoms with Crippen molar-refractivity contribution in [3.63, 3.8) is 0 Å². The first kappa shape index (κ1) is 19.5. The third kappa shape index (κ3) is 4.13. The summed E-state index contributed by atoms with van der Waals surface area (Å²) in [6, 6.07) is 19.7. The van der Waals surface area contributed by atoms with Crippen LogP contribution in [0.2, 0.25) is 5.02 Å². The highest BCUT2D eigenvalue weighted by Crippen LogP contribution is 2.26. The first-order valence-electron chi connectivity index (χ1n) is 9.84. The molecule has 1 fully saturated rings. The zero-order valence-corrected chi connectivity index (χ0v) is 17.2. The molecule has 3 aromatic rings. The lowest BCUT2D eigenvalue weighted by molar-refractivity contribution is -0.128. The largest absolute Gasteiger partial charge is 0.324 e. The number of anilines is 1. The van der Waals surface area contributed by atoms with Gasteiger partial charge in [0.1, 0.15) is 6.67 Å². The number of carbonyl (C=O) groups is 2. The Morgan fingerprint density at radius 3 is 2.66 bits per heavy atom. The summed E-state index contributed by atoms with van der Waals surface area (Å²) in [6.45, 7) is 2.86. The van der Waals surface area contributed by atoms with Crippen molar-refractivity contribution < 1.29 is 9.59 Å². The van der Waals surface area contributed by atoms with Gasteiger partial charge in [0, 0.05) is 23.7 Å². The molecule has 0 aromatic heterocycles. The molecule has 0 N–H and O–H groups in total. The fourth-order valence-electron chi connectivity index (χ4n) is 3.78. The van der Waals surface area contributed by atoms with E-state index in [0.29, 0.717) is 23.7 Å². The second-order valence-corrected chi connectivity index (χ2v) is 7.88. The highest BCUT2D eigenvalue weighted by molar-refractivity contribution is 6.31. The molecule has 0 bridgehead atoms. The fourth-order valence-corrected chi connectivity index (χ4v) is 3.96. The molecule has 3 aromatic carbocycles. The van der Waals surface area contributed by atoms with Crippen molar-refractivity contribution in [3.8, 4) is 0 Å². The van der Waals surface area contributed by atoms with Gasteiger partial charge in [0.05, 0.1) is 6.42 Å². The lowest BCUT2D eigenvalue weighted by Crippen LogP contribution is -2.43. The number of likely N-dealkylation sites (tertiary alicyclic amines) is 1. The molecule has 1 aliphatic heterocycles. The van der Waals surface area contributed by atoms with Gasteiger partial charge < -0.3 is 4.90 Å². The maximum atomic E-state index is 13.4. The van der Waals surface area contributed by atoms with E-state index in [1.807, 2.05) is 61.5 Å². The number of nitrogens with zero attached hydrogens (tertiary/aromatic N) is 2. The van der Waals surface area contributed by atoms with Gasteiger partial charge in [0.15, 0.2) is 0 Å². The fraction of sp³-hybridized carbons (Fsp3) is 0.250. The van der Waals surface area contributed by atoms with Crippen molar-refractivity contribution in [2.75, 3.05) is 18.1 Å². The summed E-state index contributed by atoms with van der Waals surface area (Å²) in [5.41, 5.74) is 2.64. The van der Waals surface area contributed by atoms with E-state index in [4.69, 9.17) is 11.6 Å². The molecular weight excluding hydrogens is 384 g/mol. The Labute approximate surface area is 175 Å². The normalized spacial score (nSPS) is 13.9. The summed E-state index contributed by atoms with van der Waals surface area (Å²) < 4.78 is 0. The first-order valence-corrected chi connectivity index (χ1v) is 10.2. The van der Waals surface area contributed by atoms with Crippen molar-refractivity contribution >= 4 is 39.9 Å². The van der Waals surface area contributed by atoms with Gasteiger partial charge in [0.25, 0.3) is 0 Å². The van der Waals surface area contributed by atoms with Crippen LogP contribution in [0.3, 0.4) is 0 Å². The van der Waals surface area contributed by atoms with Crippen LogP contribution in [0.25, 0.3) is 10.8 Å². The molecule has 0 unspecified atom stereocenters. The summed E-state index contributed by atoms with van der Waals surface area (Å²) in [4.78, 5) is 29.0. The smallest absolute Gasteiger partial charge is 0.232 e. The van der Waals surface area contributed by atoms with Gasteiger partial charge in [-0.1, -0.05) is 60.1 Å². The maximum absolute atomic E-state index is 13.4. The van der Waals surface area contributed by atoms with Crippen molar-refractivity contribution in [2.24, 2.45) is 0 Å². The van der Waals surface area contributed by atoms with Crippen LogP contribution in [-0.4, -0.2) is 29.9 Å². The summed E-state index contributed by atoms with van der Waals surface area (Å²) in [7, 11) is 0. The number of halogens is 1. The van der Waals surface area contributed by atoms with Crippen molar-refractivity contribution in [2.45, 2.75) is 26.2 Å². The molecule has 0 atom stereocenters. The molecule has 29 heavy (non-hydrogen) atoms. The standard InChI is InChI=1S/C24H23ClN2O2/c1-17-11-12-20(15-22(17)25)27(16-26-13-5-10-23(26)28)24(29)14-19-8-4-7-18-6-2-3-9-21(18)19/h2-4,6-9,11-12,15H,5,10,13-14,16H2,1H3. The van der Waals surface area contributed by atoms with Crippen LogP contribution in [0.1, 0.15) is 24.0 Å². The zero-order chi connectivity index (χ0) is 20.4. The minimum Gasteiger partial charge on any atom is -0.324 e. The summed E-state index contributed by atoms with van der Waals surface area (Å²) in [6.07, 6.45) is 1.63. The van der Waals surface area contributed by atoms with Gasteiger partial charge in [-0.25, -0.2) is 0 Å². The minimum absolute atomic E-state index is 0.0547. The van der Waals surface area contributed by atoms with Gasteiger partial charge in [-0.15, -0.1) is 0 Å². The van der Waals surface area contributed by atoms with Crippen LogP contribution >= 0.6 is 11.6 Å². The Bertz CT molecular complexity index is 1070. The summed E-state index contributed by atoms with van der Waals surface area (Å²) in [5.74, 6) is 0.0344. The molecule has 0 spiro atoms. The third-order valence-electron chi connectivity index (χ3n) is 5.47. The van der Waals surface area contributed by atoms with Crippen LogP contribution in [0.4, 0.5) is 5.69 Å². The summed E-state index contributed by atoms with van der Waals surface area (Å²) in [5, 5.41) is 2.79. The molecule has 0 radical (unpaired) electrons. The topological polar surface area (TPSA) is 40.6 Å². The van der Waals surface area contributed by atoms with E-state index < -0.39 is 0 Å². The summed E-state index contributed by atoms with van der Waals surface area (Å²) >= 11 is 6.33. The number of fused-ring (bicyclic) bond motifs is 1. The molecule has 1 heterocycles. The van der Waals surface area contributed by atoms with E-state index in [9.17, 15) is 9.59 Å². The van der Waals surface area contributed by atoms with Crippen LogP contribution in [0.15, 0.2) is 60.7 Å². The lowest BCUT2D eigenvalue weighted by Gasteiger charge is -2.28. The first-order chi connectivity index (χ1) is 14.0. The van der Waals surface area contributed by atoms with E-state index in [0.717, 1.165) is 28.3 Å². The van der Waals surface area contributed by atoms with Crippen molar-refractivity contribution in [1.29, 1.82) is 0 Å². The predicted molar refractivity (Wildman–Crippen MR) is 117 cm³/mol. The molecular formula is C24H23ClN2O2. The Morgan fingerprint density at radius 1 is 1.10 bits per heavy atom. The SMILES string of the molecule is Cc1ccc(N(CN2CCCC2=O)C(=O)Cc2cccc3ccccc23)cc1Cl. The number of rotatable bonds is 5. The lowest BCUT2D eigenvalue weighted by atomic mass is 10.0. The van der Waals surface area contributed by atoms with E-state index >= 15 is 0 Å². The molecule has 4 nitrogen and oxygen atoms in total. The van der Waals surface area contributed by atoms with Gasteiger partial charge in [-0.2, -0.15) is 0 Å². The third-order valence-corrected chi connectivity index (χ3v) is 5.88. The molecule has 4 rings (SSSR count). The molecule has 5 heteroatoms. The van der Waals surface area contributed by atoms with Crippen LogP contribution in [0.5, 0.6) is 0 Å². The van der Waals surface area contributed by atoms with Crippen LogP contribution < -0.4 is 4.90 Å². The Balaban J connectivity index is 1.66. The van der Waals surface area contributed by atoms with Gasteiger partial charge in [-0.3, -0.25) is 14.5 Å². The monoisotopic (exact) mass is 406 g/mol. The van der Waals surface area contributed by atoms with E-state index in [-0.39, 0.29) is 24.9 Å². The van der Waals surface area contributed by atoms with Gasteiger partial charge >= 0.3 is 0 Å². The van der Waals surface area contributed by atoms with Crippen molar-refractivity contribution in [3.05, 3.63) is 76.8 Å². The van der Waals surface area contributed by atoms with E-state index in [2.05, 4.69) is 0 Å². The number of benzene rings is 3. The quantitative estimate of drug-likeness (QED) is 0.601. The Hall–Kier alpha value is -2.85. The molecule has 1 aliphatic rings. The molecule has 0 saturated carbocycles. The van der Waals surface area contributed by atoms with E-state index in [1.165, 1.54) is 0 Å². The number of hydrogen-bond donors (Lipinski definition) is 0. The average Bonchev–Trinajstić information content (AvgIpc) is 3.13. The molecule has 1 saturated heterocycles. The van der Waals surface area contributed by atoms with E-state index in [1.54, 1.807) is 15.9 Å². The van der Waals surface area contributed by atoms with Crippen molar-refractivity contribution in [1.82, 2.24) is 4.90 Å². The minimum atomic E-state index is -0.0547. The van der Waals surface area contributed by atoms with Crippen LogP contribution in [0, 0.1) is 6.92 Å². The second kappa shape index (κ2) is 8.26. The molecule has 2 amide bonds. The number of hydrogen-bond acceptors (Lipinski definition) is 2. The maximum Gasteiger partial charge on any atom is 0.232 e. The Morgan fingerprint density at radius 2 is 1.90 bits per heavy atom. The molecule has 0 aliphatic carbocycles. The Kier molecular flexibility index (Phi) is 5.54. The zero-order valence-electron chi connectivity index (χ0n) is 16.4. The molecule has 148 valence electrons. The van der Waals surface area contributed by atoms with Gasteiger partial charge in [-0.05, 0) is 47.4 Å². The second-order valence-electron chi connectivity index (χ2n) is 7.47. The van der Waals surface area contributed by atoms with Crippen LogP contribution in [-0.2, 0) is 16.0 Å². The predicted octanol–water partition coefficient (Wildman–Crippen LogP) is 4.96. The highest BCUT2D eigenvalue weighted by Gasteiger charge is 2.26.